The molecule has 0 radical (unpaired) electrons. The predicted molar refractivity (Wildman–Crippen MR) is 107 cm³/mol. The van der Waals surface area contributed by atoms with Crippen LogP contribution in [0.4, 0.5) is 10.1 Å². The van der Waals surface area contributed by atoms with Crippen LogP contribution in [0.1, 0.15) is 30.8 Å². The molecule has 2 atom stereocenters. The van der Waals surface area contributed by atoms with Crippen molar-refractivity contribution in [2.75, 3.05) is 10.7 Å². The summed E-state index contributed by atoms with van der Waals surface area (Å²) in [7, 11) is 0. The lowest BCUT2D eigenvalue weighted by molar-refractivity contribution is -0.116. The summed E-state index contributed by atoms with van der Waals surface area (Å²) in [5, 5.41) is 11.3. The Bertz CT molecular complexity index is 978. The highest BCUT2D eigenvalue weighted by atomic mass is 32.2. The summed E-state index contributed by atoms with van der Waals surface area (Å²) in [6, 6.07) is 15.6. The lowest BCUT2D eigenvalue weighted by atomic mass is 10.0. The first kappa shape index (κ1) is 18.5. The van der Waals surface area contributed by atoms with Gasteiger partial charge in [-0.2, -0.15) is 0 Å². The van der Waals surface area contributed by atoms with Gasteiger partial charge in [0.2, 0.25) is 11.1 Å². The van der Waals surface area contributed by atoms with E-state index in [1.54, 1.807) is 18.2 Å². The number of rotatable bonds is 5. The van der Waals surface area contributed by atoms with Gasteiger partial charge in [-0.3, -0.25) is 4.79 Å². The van der Waals surface area contributed by atoms with E-state index < -0.39 is 11.1 Å². The molecule has 0 bridgehead atoms. The first-order valence-electron chi connectivity index (χ1n) is 9.15. The minimum Gasteiger partial charge on any atom is -0.323 e. The van der Waals surface area contributed by atoms with Gasteiger partial charge < -0.3 is 10.7 Å². The molecular weight excluding hydrogens is 377 g/mol. The fourth-order valence-electron chi connectivity index (χ4n) is 3.16. The number of carbonyl (C=O) groups excluding carboxylic acids is 1. The predicted octanol–water partition coefficient (Wildman–Crippen LogP) is 3.77. The van der Waals surface area contributed by atoms with Gasteiger partial charge in [-0.25, -0.2) is 9.07 Å². The molecule has 3 aromatic rings. The van der Waals surface area contributed by atoms with Gasteiger partial charge in [-0.05, 0) is 24.1 Å². The molecule has 0 aliphatic carbocycles. The summed E-state index contributed by atoms with van der Waals surface area (Å²) in [6.45, 7) is 2.08. The Kier molecular flexibility index (Phi) is 5.29. The van der Waals surface area contributed by atoms with Crippen LogP contribution in [0.15, 0.2) is 59.8 Å². The van der Waals surface area contributed by atoms with E-state index in [0.717, 1.165) is 24.2 Å². The number of carbonyl (C=O) groups is 1. The Labute approximate surface area is 166 Å². The normalized spacial score (nSPS) is 18.2. The molecule has 0 saturated heterocycles. The molecule has 0 saturated carbocycles. The molecule has 0 spiro atoms. The van der Waals surface area contributed by atoms with E-state index >= 15 is 0 Å². The number of fused-ring (bicyclic) bond motifs is 1. The zero-order chi connectivity index (χ0) is 19.5. The van der Waals surface area contributed by atoms with Gasteiger partial charge in [0.25, 0.3) is 0 Å². The van der Waals surface area contributed by atoms with Crippen LogP contribution in [0.2, 0.25) is 0 Å². The Hall–Kier alpha value is -2.87. The standard InChI is InChI=1S/C20H20FN5OS/c1-2-8-16-23-24-20-26(16)25-17(13-9-4-3-5-10-13)18(28-20)19(27)22-15-12-7-6-11-14(15)21/h3-7,9-12,17-18,25H,2,8H2,1H3,(H,22,27)/t17-,18+/m0/s1. The fraction of sp³-hybridized carbons (Fsp3) is 0.250. The van der Waals surface area contributed by atoms with E-state index in [2.05, 4.69) is 27.9 Å². The second-order valence-electron chi connectivity index (χ2n) is 6.51. The fourth-order valence-corrected chi connectivity index (χ4v) is 4.26. The zero-order valence-electron chi connectivity index (χ0n) is 15.3. The molecule has 1 aliphatic heterocycles. The average molecular weight is 397 g/mol. The minimum absolute atomic E-state index is 0.165. The summed E-state index contributed by atoms with van der Waals surface area (Å²) < 4.78 is 15.9. The molecule has 4 rings (SSSR count). The van der Waals surface area contributed by atoms with Crippen LogP contribution in [-0.4, -0.2) is 26.0 Å². The number of nitrogens with zero attached hydrogens (tertiary/aromatic N) is 3. The minimum atomic E-state index is -0.534. The van der Waals surface area contributed by atoms with Gasteiger partial charge in [0.05, 0.1) is 11.7 Å². The number of para-hydroxylation sites is 1. The second kappa shape index (κ2) is 8.02. The van der Waals surface area contributed by atoms with Crippen LogP contribution in [0.25, 0.3) is 0 Å². The van der Waals surface area contributed by atoms with Crippen LogP contribution >= 0.6 is 11.8 Å². The van der Waals surface area contributed by atoms with E-state index in [1.165, 1.54) is 17.8 Å². The van der Waals surface area contributed by atoms with Crippen molar-refractivity contribution in [3.05, 3.63) is 71.8 Å². The number of hydrogen-bond donors (Lipinski definition) is 2. The highest BCUT2D eigenvalue weighted by Gasteiger charge is 2.37. The summed E-state index contributed by atoms with van der Waals surface area (Å²) >= 11 is 1.33. The lowest BCUT2D eigenvalue weighted by Crippen LogP contribution is -2.41. The van der Waals surface area contributed by atoms with Crippen molar-refractivity contribution < 1.29 is 9.18 Å². The number of aryl methyl sites for hydroxylation is 1. The third-order valence-corrected chi connectivity index (χ3v) is 5.74. The molecule has 1 aromatic heterocycles. The van der Waals surface area contributed by atoms with Gasteiger partial charge in [0, 0.05) is 6.42 Å². The summed E-state index contributed by atoms with van der Waals surface area (Å²) in [5.74, 6) is 0.0796. The SMILES string of the molecule is CCCc1nnc2n1N[C@@H](c1ccccc1)[C@H](C(=O)Nc1ccccc1F)S2. The highest BCUT2D eigenvalue weighted by Crippen LogP contribution is 2.37. The van der Waals surface area contributed by atoms with E-state index in [-0.39, 0.29) is 17.6 Å². The van der Waals surface area contributed by atoms with Crippen LogP contribution < -0.4 is 10.7 Å². The van der Waals surface area contributed by atoms with Crippen LogP contribution in [0.5, 0.6) is 0 Å². The van der Waals surface area contributed by atoms with Crippen molar-refractivity contribution in [1.82, 2.24) is 14.9 Å². The van der Waals surface area contributed by atoms with Gasteiger partial charge in [0.15, 0.2) is 5.82 Å². The van der Waals surface area contributed by atoms with Gasteiger partial charge in [0.1, 0.15) is 11.1 Å². The Morgan fingerprint density at radius 1 is 1.18 bits per heavy atom. The average Bonchev–Trinajstić information content (AvgIpc) is 3.11. The van der Waals surface area contributed by atoms with Crippen molar-refractivity contribution in [2.24, 2.45) is 0 Å². The van der Waals surface area contributed by atoms with E-state index in [9.17, 15) is 9.18 Å². The number of anilines is 1. The molecule has 0 unspecified atom stereocenters. The van der Waals surface area contributed by atoms with Gasteiger partial charge in [-0.15, -0.1) is 10.2 Å². The number of halogens is 1. The quantitative estimate of drug-likeness (QED) is 0.686. The maximum Gasteiger partial charge on any atom is 0.240 e. The highest BCUT2D eigenvalue weighted by molar-refractivity contribution is 8.00. The Morgan fingerprint density at radius 3 is 2.68 bits per heavy atom. The molecule has 2 heterocycles. The second-order valence-corrected chi connectivity index (χ2v) is 7.62. The van der Waals surface area contributed by atoms with Gasteiger partial charge >= 0.3 is 0 Å². The van der Waals surface area contributed by atoms with E-state index in [0.29, 0.717) is 5.16 Å². The summed E-state index contributed by atoms with van der Waals surface area (Å²) in [4.78, 5) is 13.0. The van der Waals surface area contributed by atoms with E-state index in [4.69, 9.17) is 0 Å². The first-order chi connectivity index (χ1) is 13.7. The number of nitrogens with one attached hydrogen (secondary N) is 2. The Morgan fingerprint density at radius 2 is 1.93 bits per heavy atom. The number of benzene rings is 2. The third-order valence-electron chi connectivity index (χ3n) is 4.53. The molecule has 0 fully saturated rings. The molecule has 28 heavy (non-hydrogen) atoms. The molecule has 2 N–H and O–H groups in total. The molecular formula is C20H20FN5OS. The lowest BCUT2D eigenvalue weighted by Gasteiger charge is -2.33. The monoisotopic (exact) mass is 397 g/mol. The maximum absolute atomic E-state index is 14.0. The first-order valence-corrected chi connectivity index (χ1v) is 10.0. The summed E-state index contributed by atoms with van der Waals surface area (Å²) in [5.41, 5.74) is 4.52. The number of hydrogen-bond acceptors (Lipinski definition) is 5. The van der Waals surface area contributed by atoms with Crippen LogP contribution in [0.3, 0.4) is 0 Å². The number of thioether (sulfide) groups is 1. The van der Waals surface area contributed by atoms with Crippen LogP contribution in [0, 0.1) is 5.82 Å². The molecule has 144 valence electrons. The molecule has 1 aliphatic rings. The van der Waals surface area contributed by atoms with Gasteiger partial charge in [-0.1, -0.05) is 61.2 Å². The summed E-state index contributed by atoms with van der Waals surface area (Å²) in [6.07, 6.45) is 1.73. The smallest absolute Gasteiger partial charge is 0.240 e. The van der Waals surface area contributed by atoms with Crippen LogP contribution in [-0.2, 0) is 11.2 Å². The van der Waals surface area contributed by atoms with Crippen molar-refractivity contribution in [3.63, 3.8) is 0 Å². The third kappa shape index (κ3) is 3.60. The molecule has 1 amide bonds. The maximum atomic E-state index is 14.0. The zero-order valence-corrected chi connectivity index (χ0v) is 16.1. The topological polar surface area (TPSA) is 71.8 Å². The Balaban J connectivity index is 1.67. The molecule has 2 aromatic carbocycles. The van der Waals surface area contributed by atoms with E-state index in [1.807, 2.05) is 35.0 Å². The largest absolute Gasteiger partial charge is 0.323 e. The molecule has 6 nitrogen and oxygen atoms in total. The van der Waals surface area contributed by atoms with Crippen molar-refractivity contribution in [1.29, 1.82) is 0 Å². The van der Waals surface area contributed by atoms with Crippen molar-refractivity contribution in [2.45, 2.75) is 36.2 Å². The van der Waals surface area contributed by atoms with Crippen molar-refractivity contribution in [3.8, 4) is 0 Å². The molecule has 8 heteroatoms. The van der Waals surface area contributed by atoms with Crippen molar-refractivity contribution >= 4 is 23.4 Å². The number of aromatic nitrogens is 3. The number of amides is 1.